The number of aliphatic carboxylic acids is 1. The minimum absolute atomic E-state index is 0.0117. The Morgan fingerprint density at radius 1 is 1.58 bits per heavy atom. The van der Waals surface area contributed by atoms with E-state index in [1.54, 1.807) is 0 Å². The Bertz CT molecular complexity index is 326. The van der Waals surface area contributed by atoms with Gasteiger partial charge in [-0.15, -0.1) is 0 Å². The van der Waals surface area contributed by atoms with Gasteiger partial charge < -0.3 is 10.1 Å². The van der Waals surface area contributed by atoms with Gasteiger partial charge in [-0.3, -0.25) is 4.79 Å². The molecule has 0 aromatic carbocycles. The van der Waals surface area contributed by atoms with Crippen molar-refractivity contribution in [2.45, 2.75) is 0 Å². The zero-order chi connectivity index (χ0) is 9.14. The number of hydrogen-bond donors (Lipinski definition) is 2. The summed E-state index contributed by atoms with van der Waals surface area (Å²) < 4.78 is 0. The van der Waals surface area contributed by atoms with Crippen molar-refractivity contribution in [2.24, 2.45) is 0 Å². The summed E-state index contributed by atoms with van der Waals surface area (Å²) in [7, 11) is 0. The number of carbonyl (C=O) groups excluding carboxylic acids is 1. The van der Waals surface area contributed by atoms with E-state index in [0.29, 0.717) is 0 Å². The highest BCUT2D eigenvalue weighted by molar-refractivity contribution is 6.21. The number of nitrogens with one attached hydrogen (secondary N) is 1. The van der Waals surface area contributed by atoms with E-state index in [4.69, 9.17) is 5.11 Å². The largest absolute Gasteiger partial charge is 0.478 e. The van der Waals surface area contributed by atoms with E-state index in [1.807, 2.05) is 0 Å². The van der Waals surface area contributed by atoms with Crippen molar-refractivity contribution in [2.75, 3.05) is 0 Å². The highest BCUT2D eigenvalue weighted by Crippen LogP contribution is 2.00. The molecule has 0 amide bonds. The van der Waals surface area contributed by atoms with Gasteiger partial charge in [-0.25, -0.2) is 9.78 Å². The maximum Gasteiger partial charge on any atom is 0.339 e. The second-order valence-corrected chi connectivity index (χ2v) is 2.05. The summed E-state index contributed by atoms with van der Waals surface area (Å²) in [6.45, 7) is 3.10. The molecule has 0 saturated heterocycles. The van der Waals surface area contributed by atoms with Gasteiger partial charge in [0.15, 0.2) is 5.82 Å². The molecular formula is C7H6N2O3. The molecule has 0 aliphatic carbocycles. The average molecular weight is 166 g/mol. The summed E-state index contributed by atoms with van der Waals surface area (Å²) in [6.07, 6.45) is 2.80. The third kappa shape index (κ3) is 1.39. The molecule has 0 fully saturated rings. The zero-order valence-corrected chi connectivity index (χ0v) is 6.07. The number of rotatable bonds is 3. The van der Waals surface area contributed by atoms with E-state index in [1.165, 1.54) is 12.4 Å². The van der Waals surface area contributed by atoms with Gasteiger partial charge in [0.05, 0.1) is 0 Å². The van der Waals surface area contributed by atoms with Crippen molar-refractivity contribution in [1.82, 2.24) is 9.97 Å². The summed E-state index contributed by atoms with van der Waals surface area (Å²) in [5.41, 5.74) is -0.495. The Labute approximate surface area is 67.7 Å². The Morgan fingerprint density at radius 3 is 2.67 bits per heavy atom. The van der Waals surface area contributed by atoms with Crippen LogP contribution in [0.15, 0.2) is 24.5 Å². The van der Waals surface area contributed by atoms with Crippen LogP contribution >= 0.6 is 0 Å². The van der Waals surface area contributed by atoms with Gasteiger partial charge in [-0.1, -0.05) is 6.58 Å². The maximum atomic E-state index is 11.1. The number of aromatic amines is 1. The molecule has 1 aromatic heterocycles. The van der Waals surface area contributed by atoms with Crippen LogP contribution < -0.4 is 0 Å². The van der Waals surface area contributed by atoms with E-state index < -0.39 is 17.3 Å². The molecule has 1 rings (SSSR count). The van der Waals surface area contributed by atoms with E-state index in [0.717, 1.165) is 0 Å². The van der Waals surface area contributed by atoms with Crippen LogP contribution in [0.3, 0.4) is 0 Å². The first-order valence-corrected chi connectivity index (χ1v) is 3.09. The first-order chi connectivity index (χ1) is 5.63. The van der Waals surface area contributed by atoms with Gasteiger partial charge in [0.1, 0.15) is 5.57 Å². The highest BCUT2D eigenvalue weighted by Gasteiger charge is 2.17. The topological polar surface area (TPSA) is 83.0 Å². The average Bonchev–Trinajstić information content (AvgIpc) is 2.53. The van der Waals surface area contributed by atoms with Crippen LogP contribution in [-0.2, 0) is 4.79 Å². The van der Waals surface area contributed by atoms with E-state index in [9.17, 15) is 9.59 Å². The normalized spacial score (nSPS) is 9.33. The van der Waals surface area contributed by atoms with Crippen LogP contribution in [0.5, 0.6) is 0 Å². The molecule has 1 aromatic rings. The van der Waals surface area contributed by atoms with Crippen molar-refractivity contribution >= 4 is 11.8 Å². The van der Waals surface area contributed by atoms with Crippen molar-refractivity contribution in [3.8, 4) is 0 Å². The lowest BCUT2D eigenvalue weighted by atomic mass is 10.2. The fraction of sp³-hybridized carbons (Fsp3) is 0. The van der Waals surface area contributed by atoms with E-state index in [2.05, 4.69) is 16.5 Å². The zero-order valence-electron chi connectivity index (χ0n) is 6.07. The van der Waals surface area contributed by atoms with Crippen LogP contribution in [0, 0.1) is 0 Å². The van der Waals surface area contributed by atoms with Crippen LogP contribution in [0.25, 0.3) is 0 Å². The molecule has 5 heteroatoms. The predicted molar refractivity (Wildman–Crippen MR) is 39.7 cm³/mol. The smallest absolute Gasteiger partial charge is 0.339 e. The lowest BCUT2D eigenvalue weighted by Gasteiger charge is -1.93. The predicted octanol–water partition coefficient (Wildman–Crippen LogP) is 0.233. The molecule has 12 heavy (non-hydrogen) atoms. The fourth-order valence-corrected chi connectivity index (χ4v) is 0.629. The third-order valence-corrected chi connectivity index (χ3v) is 1.25. The monoisotopic (exact) mass is 166 g/mol. The maximum absolute atomic E-state index is 11.1. The number of imidazole rings is 1. The first-order valence-electron chi connectivity index (χ1n) is 3.09. The highest BCUT2D eigenvalue weighted by atomic mass is 16.4. The number of carboxylic acid groups (broad SMARTS) is 1. The summed E-state index contributed by atoms with van der Waals surface area (Å²) in [4.78, 5) is 27.4. The first kappa shape index (κ1) is 8.19. The van der Waals surface area contributed by atoms with Gasteiger partial charge in [0, 0.05) is 12.4 Å². The van der Waals surface area contributed by atoms with Crippen molar-refractivity contribution in [1.29, 1.82) is 0 Å². The number of carboxylic acids is 1. The number of carbonyl (C=O) groups is 2. The number of ketones is 1. The van der Waals surface area contributed by atoms with Crippen molar-refractivity contribution in [3.63, 3.8) is 0 Å². The molecule has 2 N–H and O–H groups in total. The summed E-state index contributed by atoms with van der Waals surface area (Å²) in [6, 6.07) is 0. The minimum atomic E-state index is -1.34. The summed E-state index contributed by atoms with van der Waals surface area (Å²) in [5, 5.41) is 8.39. The molecular weight excluding hydrogens is 160 g/mol. The van der Waals surface area contributed by atoms with Gasteiger partial charge in [0.25, 0.3) is 0 Å². The number of H-pyrrole nitrogens is 1. The van der Waals surface area contributed by atoms with Crippen molar-refractivity contribution < 1.29 is 14.7 Å². The Balaban J connectivity index is 2.87. The molecule has 0 unspecified atom stereocenters. The second kappa shape index (κ2) is 3.00. The Morgan fingerprint density at radius 2 is 2.25 bits per heavy atom. The SMILES string of the molecule is C=C(C(=O)O)C(=O)c1ncc[nH]1. The van der Waals surface area contributed by atoms with Crippen LogP contribution in [-0.4, -0.2) is 26.8 Å². The molecule has 1 heterocycles. The molecule has 0 aliphatic rings. The Kier molecular flexibility index (Phi) is 2.05. The summed E-state index contributed by atoms with van der Waals surface area (Å²) >= 11 is 0. The number of nitrogens with zero attached hydrogens (tertiary/aromatic N) is 1. The molecule has 0 spiro atoms. The molecule has 0 bridgehead atoms. The lowest BCUT2D eigenvalue weighted by Crippen LogP contribution is -2.12. The number of aromatic nitrogens is 2. The van der Waals surface area contributed by atoms with Crippen LogP contribution in [0.4, 0.5) is 0 Å². The Hall–Kier alpha value is -1.91. The standard InChI is InChI=1S/C7H6N2O3/c1-4(7(11)12)5(10)6-8-2-3-9-6/h2-3H,1H2,(H,8,9)(H,11,12). The second-order valence-electron chi connectivity index (χ2n) is 2.05. The van der Waals surface area contributed by atoms with Crippen molar-refractivity contribution in [3.05, 3.63) is 30.4 Å². The summed E-state index contributed by atoms with van der Waals surface area (Å²) in [5.74, 6) is -2.05. The van der Waals surface area contributed by atoms with E-state index >= 15 is 0 Å². The molecule has 5 nitrogen and oxygen atoms in total. The lowest BCUT2D eigenvalue weighted by molar-refractivity contribution is -0.132. The van der Waals surface area contributed by atoms with Gasteiger partial charge in [-0.05, 0) is 0 Å². The van der Waals surface area contributed by atoms with Crippen LogP contribution in [0.2, 0.25) is 0 Å². The molecule has 0 aliphatic heterocycles. The minimum Gasteiger partial charge on any atom is -0.478 e. The van der Waals surface area contributed by atoms with Gasteiger partial charge in [0.2, 0.25) is 5.78 Å². The molecule has 0 saturated carbocycles. The third-order valence-electron chi connectivity index (χ3n) is 1.25. The quantitative estimate of drug-likeness (QED) is 0.291. The van der Waals surface area contributed by atoms with Crippen LogP contribution in [0.1, 0.15) is 10.6 Å². The molecule has 0 atom stereocenters. The fourth-order valence-electron chi connectivity index (χ4n) is 0.629. The number of Topliss-reactive ketones (excluding diaryl/α,β-unsaturated/α-hetero) is 1. The van der Waals surface area contributed by atoms with Gasteiger partial charge in [-0.2, -0.15) is 0 Å². The molecule has 0 radical (unpaired) electrons. The number of hydrogen-bond acceptors (Lipinski definition) is 3. The molecule has 62 valence electrons. The van der Waals surface area contributed by atoms with Gasteiger partial charge >= 0.3 is 5.97 Å². The van der Waals surface area contributed by atoms with E-state index in [-0.39, 0.29) is 5.82 Å².